The minimum Gasteiger partial charge on any atom is -0.345 e. The molecule has 0 aliphatic carbocycles. The molecule has 1 aromatic carbocycles. The zero-order valence-corrected chi connectivity index (χ0v) is 13.1. The first-order chi connectivity index (χ1) is 9.88. The molecule has 2 rings (SSSR count). The first-order valence-electron chi connectivity index (χ1n) is 6.68. The first-order valence-corrected chi connectivity index (χ1v) is 7.55. The lowest BCUT2D eigenvalue weighted by Gasteiger charge is -2.17. The Balaban J connectivity index is 2.10. The van der Waals surface area contributed by atoms with Crippen molar-refractivity contribution in [3.8, 4) is 0 Å². The number of benzene rings is 1. The third-order valence-corrected chi connectivity index (χ3v) is 4.24. The fraction of sp³-hybridized carbons (Fsp3) is 0.400. The second kappa shape index (κ2) is 6.30. The van der Waals surface area contributed by atoms with Crippen molar-refractivity contribution in [3.63, 3.8) is 0 Å². The maximum absolute atomic E-state index is 12.0. The van der Waals surface area contributed by atoms with Gasteiger partial charge in [0.05, 0.1) is 0 Å². The summed E-state index contributed by atoms with van der Waals surface area (Å²) in [5.41, 5.74) is 1.35. The molecule has 1 aliphatic rings. The highest BCUT2D eigenvalue weighted by atomic mass is 32.2. The minimum absolute atomic E-state index is 0.0121. The summed E-state index contributed by atoms with van der Waals surface area (Å²) in [6.45, 7) is 2.05. The summed E-state index contributed by atoms with van der Waals surface area (Å²) >= 11 is 1.21. The number of amides is 2. The van der Waals surface area contributed by atoms with Crippen LogP contribution in [0, 0.1) is 0 Å². The molecule has 1 aliphatic heterocycles. The quantitative estimate of drug-likeness (QED) is 0.854. The molecule has 1 unspecified atom stereocenters. The lowest BCUT2D eigenvalue weighted by atomic mass is 10.2. The van der Waals surface area contributed by atoms with Crippen LogP contribution in [0.4, 0.5) is 5.69 Å². The van der Waals surface area contributed by atoms with Gasteiger partial charge in [-0.1, -0.05) is 11.8 Å². The van der Waals surface area contributed by atoms with E-state index in [1.807, 2.05) is 0 Å². The van der Waals surface area contributed by atoms with Gasteiger partial charge in [-0.05, 0) is 24.3 Å². The first kappa shape index (κ1) is 15.6. The Kier molecular flexibility index (Phi) is 4.67. The van der Waals surface area contributed by atoms with Gasteiger partial charge in [0.2, 0.25) is 5.91 Å². The zero-order chi connectivity index (χ0) is 15.6. The van der Waals surface area contributed by atoms with Crippen molar-refractivity contribution < 1.29 is 14.4 Å². The Morgan fingerprint density at radius 2 is 1.86 bits per heavy atom. The molecule has 1 heterocycles. The van der Waals surface area contributed by atoms with E-state index in [9.17, 15) is 14.4 Å². The molecule has 0 aromatic heterocycles. The summed E-state index contributed by atoms with van der Waals surface area (Å²) in [5, 5.41) is 0.0414. The number of anilines is 1. The molecule has 0 radical (unpaired) electrons. The Hall–Kier alpha value is -1.82. The molecule has 1 aromatic rings. The van der Waals surface area contributed by atoms with E-state index < -0.39 is 0 Å². The molecule has 1 saturated heterocycles. The molecule has 0 saturated carbocycles. The van der Waals surface area contributed by atoms with Crippen molar-refractivity contribution >= 4 is 34.4 Å². The summed E-state index contributed by atoms with van der Waals surface area (Å²) in [7, 11) is 3.40. The lowest BCUT2D eigenvalue weighted by Crippen LogP contribution is -2.25. The second-order valence-corrected chi connectivity index (χ2v) is 6.66. The Labute approximate surface area is 128 Å². The fourth-order valence-electron chi connectivity index (χ4n) is 2.28. The van der Waals surface area contributed by atoms with E-state index in [1.54, 1.807) is 43.3 Å². The molecular formula is C15H18N2O3S. The molecule has 5 nitrogen and oxygen atoms in total. The smallest absolute Gasteiger partial charge is 0.253 e. The maximum Gasteiger partial charge on any atom is 0.253 e. The average molecular weight is 306 g/mol. The largest absolute Gasteiger partial charge is 0.345 e. The van der Waals surface area contributed by atoms with Crippen LogP contribution in [0.15, 0.2) is 24.3 Å². The van der Waals surface area contributed by atoms with Crippen LogP contribution in [-0.4, -0.2) is 47.7 Å². The van der Waals surface area contributed by atoms with E-state index in [0.717, 1.165) is 5.69 Å². The molecular weight excluding hydrogens is 288 g/mol. The summed E-state index contributed by atoms with van der Waals surface area (Å²) in [5.74, 6) is -0.0558. The second-order valence-electron chi connectivity index (χ2n) is 5.19. The fourth-order valence-corrected chi connectivity index (χ4v) is 3.20. The third-order valence-electron chi connectivity index (χ3n) is 3.25. The van der Waals surface area contributed by atoms with Gasteiger partial charge in [0.1, 0.15) is 0 Å². The lowest BCUT2D eigenvalue weighted by molar-refractivity contribution is -0.117. The van der Waals surface area contributed by atoms with Crippen LogP contribution < -0.4 is 4.90 Å². The van der Waals surface area contributed by atoms with Crippen LogP contribution in [-0.2, 0) is 9.59 Å². The highest BCUT2D eigenvalue weighted by Gasteiger charge is 2.31. The number of hydrogen-bond acceptors (Lipinski definition) is 4. The summed E-state index contributed by atoms with van der Waals surface area (Å²) < 4.78 is 0. The van der Waals surface area contributed by atoms with E-state index in [4.69, 9.17) is 0 Å². The predicted molar refractivity (Wildman–Crippen MR) is 83.5 cm³/mol. The van der Waals surface area contributed by atoms with Gasteiger partial charge < -0.3 is 9.80 Å². The van der Waals surface area contributed by atoms with Gasteiger partial charge in [-0.15, -0.1) is 0 Å². The van der Waals surface area contributed by atoms with Crippen molar-refractivity contribution in [2.24, 2.45) is 0 Å². The highest BCUT2D eigenvalue weighted by molar-refractivity contribution is 8.14. The van der Waals surface area contributed by atoms with E-state index >= 15 is 0 Å². The minimum atomic E-state index is -0.0701. The summed E-state index contributed by atoms with van der Waals surface area (Å²) in [6.07, 6.45) is 0.378. The number of carbonyl (C=O) groups excluding carboxylic acids is 3. The van der Waals surface area contributed by atoms with Crippen LogP contribution >= 0.6 is 11.8 Å². The van der Waals surface area contributed by atoms with E-state index in [0.29, 0.717) is 18.5 Å². The van der Waals surface area contributed by atoms with Crippen LogP contribution in [0.25, 0.3) is 0 Å². The number of nitrogens with zero attached hydrogens (tertiary/aromatic N) is 2. The van der Waals surface area contributed by atoms with Gasteiger partial charge in [-0.2, -0.15) is 0 Å². The van der Waals surface area contributed by atoms with Crippen molar-refractivity contribution in [2.75, 3.05) is 25.5 Å². The Morgan fingerprint density at radius 1 is 1.24 bits per heavy atom. The molecule has 2 amide bonds. The predicted octanol–water partition coefficient (Wildman–Crippen LogP) is 1.77. The molecule has 112 valence electrons. The van der Waals surface area contributed by atoms with Crippen molar-refractivity contribution in [1.29, 1.82) is 0 Å². The van der Waals surface area contributed by atoms with Gasteiger partial charge in [0.15, 0.2) is 5.12 Å². The molecule has 1 atom stereocenters. The Bertz CT molecular complexity index is 569. The van der Waals surface area contributed by atoms with Crippen LogP contribution in [0.2, 0.25) is 0 Å². The molecule has 0 N–H and O–H groups in total. The van der Waals surface area contributed by atoms with E-state index in [-0.39, 0.29) is 22.2 Å². The number of hydrogen-bond donors (Lipinski definition) is 0. The molecule has 21 heavy (non-hydrogen) atoms. The Morgan fingerprint density at radius 3 is 2.38 bits per heavy atom. The van der Waals surface area contributed by atoms with E-state index in [1.165, 1.54) is 23.6 Å². The van der Waals surface area contributed by atoms with Crippen molar-refractivity contribution in [1.82, 2.24) is 4.90 Å². The topological polar surface area (TPSA) is 57.7 Å². The highest BCUT2D eigenvalue weighted by Crippen LogP contribution is 2.28. The summed E-state index contributed by atoms with van der Waals surface area (Å²) in [6, 6.07) is 6.98. The zero-order valence-electron chi connectivity index (χ0n) is 12.3. The van der Waals surface area contributed by atoms with Crippen molar-refractivity contribution in [2.45, 2.75) is 18.6 Å². The standard InChI is InChI=1S/C15H18N2O3S/c1-10(18)21-13-8-14(19)17(9-13)12-6-4-11(5-7-12)15(20)16(2)3/h4-7,13H,8-9H2,1-3H3. The normalized spacial score (nSPS) is 18.0. The van der Waals surface area contributed by atoms with Crippen LogP contribution in [0.1, 0.15) is 23.7 Å². The number of carbonyl (C=O) groups is 3. The van der Waals surface area contributed by atoms with Crippen LogP contribution in [0.5, 0.6) is 0 Å². The van der Waals surface area contributed by atoms with Gasteiger partial charge in [0.25, 0.3) is 5.91 Å². The van der Waals surface area contributed by atoms with Gasteiger partial charge in [-0.3, -0.25) is 14.4 Å². The van der Waals surface area contributed by atoms with Crippen molar-refractivity contribution in [3.05, 3.63) is 29.8 Å². The molecule has 6 heteroatoms. The van der Waals surface area contributed by atoms with Gasteiger partial charge >= 0.3 is 0 Å². The molecule has 0 spiro atoms. The molecule has 0 bridgehead atoms. The number of thioether (sulfide) groups is 1. The third kappa shape index (κ3) is 3.64. The monoisotopic (exact) mass is 306 g/mol. The number of rotatable bonds is 3. The van der Waals surface area contributed by atoms with Crippen LogP contribution in [0.3, 0.4) is 0 Å². The van der Waals surface area contributed by atoms with Gasteiger partial charge in [0, 0.05) is 50.5 Å². The van der Waals surface area contributed by atoms with E-state index in [2.05, 4.69) is 0 Å². The molecule has 1 fully saturated rings. The SMILES string of the molecule is CC(=O)SC1CC(=O)N(c2ccc(C(=O)N(C)C)cc2)C1. The average Bonchev–Trinajstić information content (AvgIpc) is 2.78. The maximum atomic E-state index is 12.0. The van der Waals surface area contributed by atoms with Gasteiger partial charge in [-0.25, -0.2) is 0 Å². The summed E-state index contributed by atoms with van der Waals surface area (Å²) in [4.78, 5) is 38.1.